The fraction of sp³-hybridized carbons (Fsp3) is 0.833. The summed E-state index contributed by atoms with van der Waals surface area (Å²) < 4.78 is 5.31. The molecule has 0 bridgehead atoms. The van der Waals surface area contributed by atoms with Gasteiger partial charge < -0.3 is 40.7 Å². The number of aliphatic carboxylic acids is 1. The SMILES string of the molecule is CN[C@]1(C(=O)O)C[C@H](O)[C@@H](NC(=O)CO)[C@H]([C@H](O)[C@H](O)CO)O1. The summed E-state index contributed by atoms with van der Waals surface area (Å²) in [5, 5.41) is 61.3. The van der Waals surface area contributed by atoms with E-state index in [0.29, 0.717) is 0 Å². The zero-order valence-electron chi connectivity index (χ0n) is 12.4. The minimum atomic E-state index is -2.05. The molecule has 0 radical (unpaired) electrons. The van der Waals surface area contributed by atoms with Crippen LogP contribution in [0.1, 0.15) is 6.42 Å². The van der Waals surface area contributed by atoms with Crippen LogP contribution in [0.5, 0.6) is 0 Å². The van der Waals surface area contributed by atoms with Gasteiger partial charge in [0.2, 0.25) is 11.6 Å². The van der Waals surface area contributed by atoms with E-state index in [1.807, 2.05) is 0 Å². The first-order valence-electron chi connectivity index (χ1n) is 6.87. The molecular formula is C12H22N2O9. The number of aliphatic hydroxyl groups excluding tert-OH is 5. The van der Waals surface area contributed by atoms with E-state index in [1.54, 1.807) is 0 Å². The molecule has 6 atom stereocenters. The van der Waals surface area contributed by atoms with Gasteiger partial charge in [0, 0.05) is 6.42 Å². The maximum Gasteiger partial charge on any atom is 0.351 e. The van der Waals surface area contributed by atoms with Crippen LogP contribution < -0.4 is 10.6 Å². The van der Waals surface area contributed by atoms with Gasteiger partial charge >= 0.3 is 5.97 Å². The van der Waals surface area contributed by atoms with Crippen LogP contribution in [0.25, 0.3) is 0 Å². The van der Waals surface area contributed by atoms with Crippen LogP contribution in [0, 0.1) is 0 Å². The van der Waals surface area contributed by atoms with Crippen molar-refractivity contribution in [3.8, 4) is 0 Å². The number of hydrogen-bond acceptors (Lipinski definition) is 9. The zero-order valence-corrected chi connectivity index (χ0v) is 12.4. The Morgan fingerprint density at radius 3 is 2.39 bits per heavy atom. The summed E-state index contributed by atoms with van der Waals surface area (Å²) in [7, 11) is 1.26. The van der Waals surface area contributed by atoms with Crippen molar-refractivity contribution in [2.45, 2.75) is 42.6 Å². The van der Waals surface area contributed by atoms with Crippen LogP contribution in [0.3, 0.4) is 0 Å². The van der Waals surface area contributed by atoms with Gasteiger partial charge in [-0.3, -0.25) is 10.1 Å². The van der Waals surface area contributed by atoms with E-state index in [0.717, 1.165) is 0 Å². The van der Waals surface area contributed by atoms with E-state index < -0.39 is 67.7 Å². The number of carbonyl (C=O) groups is 2. The highest BCUT2D eigenvalue weighted by atomic mass is 16.6. The van der Waals surface area contributed by atoms with Crippen LogP contribution in [0.4, 0.5) is 0 Å². The van der Waals surface area contributed by atoms with E-state index in [-0.39, 0.29) is 0 Å². The predicted molar refractivity (Wildman–Crippen MR) is 73.0 cm³/mol. The first kappa shape index (κ1) is 19.7. The van der Waals surface area contributed by atoms with E-state index in [1.165, 1.54) is 7.05 Å². The first-order chi connectivity index (χ1) is 10.7. The van der Waals surface area contributed by atoms with Gasteiger partial charge in [0.15, 0.2) is 0 Å². The Morgan fingerprint density at radius 2 is 1.96 bits per heavy atom. The zero-order chi connectivity index (χ0) is 17.8. The van der Waals surface area contributed by atoms with Crippen molar-refractivity contribution in [2.24, 2.45) is 0 Å². The average molecular weight is 338 g/mol. The molecule has 1 amide bonds. The van der Waals surface area contributed by atoms with Crippen molar-refractivity contribution in [2.75, 3.05) is 20.3 Å². The summed E-state index contributed by atoms with van der Waals surface area (Å²) in [5.41, 5.74) is -2.05. The van der Waals surface area contributed by atoms with Gasteiger partial charge in [0.25, 0.3) is 0 Å². The number of nitrogens with one attached hydrogen (secondary N) is 2. The summed E-state index contributed by atoms with van der Waals surface area (Å²) in [4.78, 5) is 22.8. The molecular weight excluding hydrogens is 316 g/mol. The molecule has 1 saturated heterocycles. The van der Waals surface area contributed by atoms with Crippen LogP contribution in [0.2, 0.25) is 0 Å². The highest BCUT2D eigenvalue weighted by Crippen LogP contribution is 2.30. The van der Waals surface area contributed by atoms with Crippen molar-refractivity contribution in [1.29, 1.82) is 0 Å². The Hall–Kier alpha value is -1.34. The molecule has 0 unspecified atom stereocenters. The summed E-state index contributed by atoms with van der Waals surface area (Å²) >= 11 is 0. The van der Waals surface area contributed by atoms with Gasteiger partial charge in [-0.05, 0) is 7.05 Å². The standard InChI is InChI=1S/C12H22N2O9/c1-13-12(11(21)22)2-5(17)8(14-7(19)4-16)10(23-12)9(20)6(18)3-15/h5-6,8-10,13,15-18,20H,2-4H2,1H3,(H,14,19)(H,21,22)/t5-,6+,8+,9+,10+,12+/m0/s1. The summed E-state index contributed by atoms with van der Waals surface area (Å²) in [6.07, 6.45) is -6.98. The summed E-state index contributed by atoms with van der Waals surface area (Å²) in [6, 6.07) is -1.30. The molecule has 23 heavy (non-hydrogen) atoms. The number of ether oxygens (including phenoxy) is 1. The lowest BCUT2D eigenvalue weighted by atomic mass is 9.87. The number of likely N-dealkylation sites (N-methyl/N-ethyl adjacent to an activating group) is 1. The van der Waals surface area contributed by atoms with Crippen LogP contribution >= 0.6 is 0 Å². The molecule has 1 heterocycles. The second-order valence-electron chi connectivity index (χ2n) is 5.23. The maximum absolute atomic E-state index is 11.4. The smallest absolute Gasteiger partial charge is 0.351 e. The largest absolute Gasteiger partial charge is 0.478 e. The fourth-order valence-electron chi connectivity index (χ4n) is 2.42. The van der Waals surface area contributed by atoms with E-state index in [2.05, 4.69) is 10.6 Å². The predicted octanol–water partition coefficient (Wildman–Crippen LogP) is -4.67. The highest BCUT2D eigenvalue weighted by molar-refractivity contribution is 5.78. The third-order valence-corrected chi connectivity index (χ3v) is 3.74. The minimum Gasteiger partial charge on any atom is -0.478 e. The van der Waals surface area contributed by atoms with Gasteiger partial charge in [0.05, 0.1) is 18.8 Å². The summed E-state index contributed by atoms with van der Waals surface area (Å²) in [5.74, 6) is -2.36. The molecule has 11 heteroatoms. The number of carboxylic acid groups (broad SMARTS) is 1. The average Bonchev–Trinajstić information content (AvgIpc) is 2.54. The molecule has 0 aromatic rings. The topological polar surface area (TPSA) is 189 Å². The van der Waals surface area contributed by atoms with Crippen molar-refractivity contribution in [3.63, 3.8) is 0 Å². The quantitative estimate of drug-likeness (QED) is 0.224. The lowest BCUT2D eigenvalue weighted by Crippen LogP contribution is -2.70. The third-order valence-electron chi connectivity index (χ3n) is 3.74. The first-order valence-corrected chi connectivity index (χ1v) is 6.87. The highest BCUT2D eigenvalue weighted by Gasteiger charge is 2.54. The molecule has 8 N–H and O–H groups in total. The second-order valence-corrected chi connectivity index (χ2v) is 5.23. The van der Waals surface area contributed by atoms with E-state index in [9.17, 15) is 30.0 Å². The monoisotopic (exact) mass is 338 g/mol. The Kier molecular flexibility index (Phi) is 6.83. The molecule has 0 spiro atoms. The fourth-order valence-corrected chi connectivity index (χ4v) is 2.42. The Morgan fingerprint density at radius 1 is 1.35 bits per heavy atom. The van der Waals surface area contributed by atoms with Crippen molar-refractivity contribution in [3.05, 3.63) is 0 Å². The molecule has 1 aliphatic rings. The second kappa shape index (κ2) is 7.97. The third kappa shape index (κ3) is 4.14. The number of rotatable bonds is 7. The van der Waals surface area contributed by atoms with Crippen molar-refractivity contribution >= 4 is 11.9 Å². The van der Waals surface area contributed by atoms with Gasteiger partial charge in [-0.15, -0.1) is 0 Å². The lowest BCUT2D eigenvalue weighted by molar-refractivity contribution is -0.236. The molecule has 0 saturated carbocycles. The molecule has 11 nitrogen and oxygen atoms in total. The number of aliphatic hydroxyl groups is 5. The Bertz CT molecular complexity index is 435. The molecule has 1 rings (SSSR count). The van der Waals surface area contributed by atoms with E-state index in [4.69, 9.17) is 14.9 Å². The number of carboxylic acids is 1. The van der Waals surface area contributed by atoms with E-state index >= 15 is 0 Å². The van der Waals surface area contributed by atoms with Gasteiger partial charge in [-0.1, -0.05) is 0 Å². The van der Waals surface area contributed by atoms with Crippen LogP contribution in [-0.2, 0) is 14.3 Å². The maximum atomic E-state index is 11.4. The normalized spacial score (nSPS) is 33.7. The Labute approximate surface area is 131 Å². The Balaban J connectivity index is 3.14. The molecule has 134 valence electrons. The van der Waals surface area contributed by atoms with Crippen LogP contribution in [-0.4, -0.2) is 99.0 Å². The van der Waals surface area contributed by atoms with Crippen LogP contribution in [0.15, 0.2) is 0 Å². The summed E-state index contributed by atoms with van der Waals surface area (Å²) in [6.45, 7) is -1.75. The number of hydrogen-bond donors (Lipinski definition) is 8. The van der Waals surface area contributed by atoms with Crippen molar-refractivity contribution in [1.82, 2.24) is 10.6 Å². The van der Waals surface area contributed by atoms with Gasteiger partial charge in [0.1, 0.15) is 24.9 Å². The van der Waals surface area contributed by atoms with Gasteiger partial charge in [-0.2, -0.15) is 0 Å². The molecule has 0 aliphatic carbocycles. The number of carbonyl (C=O) groups excluding carboxylic acids is 1. The molecule has 1 fully saturated rings. The minimum absolute atomic E-state index is 0.465. The number of amides is 1. The molecule has 0 aromatic heterocycles. The van der Waals surface area contributed by atoms with Crippen molar-refractivity contribution < 1.29 is 45.0 Å². The molecule has 0 aromatic carbocycles. The molecule has 1 aliphatic heterocycles. The van der Waals surface area contributed by atoms with Gasteiger partial charge in [-0.25, -0.2) is 4.79 Å². The lowest BCUT2D eigenvalue weighted by Gasteiger charge is -2.46.